The van der Waals surface area contributed by atoms with Crippen molar-refractivity contribution in [2.75, 3.05) is 0 Å². The molecule has 0 aromatic heterocycles. The molecule has 0 saturated heterocycles. The number of benzene rings is 2. The molecular weight excluding hydrogens is 402 g/mol. The maximum absolute atomic E-state index is 12.8. The molecule has 1 heterocycles. The number of halogens is 1. The minimum absolute atomic E-state index is 0.0575. The fourth-order valence-corrected chi connectivity index (χ4v) is 4.51. The van der Waals surface area contributed by atoms with Crippen LogP contribution in [-0.2, 0) is 21.2 Å². The van der Waals surface area contributed by atoms with Gasteiger partial charge < -0.3 is 9.84 Å². The Morgan fingerprint density at radius 1 is 1.14 bits per heavy atom. The van der Waals surface area contributed by atoms with E-state index in [1.54, 1.807) is 27.7 Å². The highest BCUT2D eigenvalue weighted by Gasteiger charge is 2.42. The van der Waals surface area contributed by atoms with Crippen LogP contribution in [0.1, 0.15) is 35.6 Å². The Labute approximate surface area is 169 Å². The van der Waals surface area contributed by atoms with E-state index in [1.165, 1.54) is 24.3 Å². The number of phenolic OH excluding ortho intramolecular Hbond substituents is 1. The second kappa shape index (κ2) is 6.97. The number of amides is 1. The topological polar surface area (TPSA) is 92.7 Å². The molecule has 1 aliphatic heterocycles. The molecule has 0 aliphatic carbocycles. The van der Waals surface area contributed by atoms with Gasteiger partial charge in [0.05, 0.1) is 4.90 Å². The fourth-order valence-electron chi connectivity index (χ4n) is 3.31. The molecule has 150 valence electrons. The molecule has 1 amide bonds. The largest absolute Gasteiger partial charge is 0.507 e. The van der Waals surface area contributed by atoms with Gasteiger partial charge in [-0.3, -0.25) is 4.79 Å². The number of carbonyl (C=O) groups excluding carboxylic acids is 1. The summed E-state index contributed by atoms with van der Waals surface area (Å²) in [5, 5.41) is 10.7. The molecule has 28 heavy (non-hydrogen) atoms. The van der Waals surface area contributed by atoms with Crippen molar-refractivity contribution in [2.45, 2.75) is 51.0 Å². The van der Waals surface area contributed by atoms with Crippen LogP contribution in [-0.4, -0.2) is 25.0 Å². The molecule has 1 aliphatic rings. The maximum Gasteiger partial charge on any atom is 0.277 e. The van der Waals surface area contributed by atoms with Crippen LogP contribution in [0.3, 0.4) is 0 Å². The van der Waals surface area contributed by atoms with Crippen molar-refractivity contribution in [2.24, 2.45) is 0 Å². The molecule has 2 N–H and O–H groups in total. The van der Waals surface area contributed by atoms with Gasteiger partial charge in [-0.15, -0.1) is 0 Å². The molecule has 6 nitrogen and oxygen atoms in total. The average molecular weight is 424 g/mol. The molecule has 0 spiro atoms. The van der Waals surface area contributed by atoms with Gasteiger partial charge >= 0.3 is 0 Å². The number of rotatable bonds is 3. The number of phenols is 1. The molecule has 0 fully saturated rings. The van der Waals surface area contributed by atoms with Crippen LogP contribution in [0.25, 0.3) is 0 Å². The number of sulfonamides is 1. The Balaban J connectivity index is 1.91. The van der Waals surface area contributed by atoms with E-state index >= 15 is 0 Å². The predicted molar refractivity (Wildman–Crippen MR) is 106 cm³/mol. The smallest absolute Gasteiger partial charge is 0.277 e. The van der Waals surface area contributed by atoms with Crippen LogP contribution >= 0.6 is 11.6 Å². The second-order valence-corrected chi connectivity index (χ2v) is 9.37. The van der Waals surface area contributed by atoms with Gasteiger partial charge in [-0.1, -0.05) is 11.6 Å². The highest BCUT2D eigenvalue weighted by atomic mass is 35.5. The summed E-state index contributed by atoms with van der Waals surface area (Å²) >= 11 is 5.79. The molecule has 3 rings (SSSR count). The Hall–Kier alpha value is -2.25. The molecule has 0 saturated carbocycles. The molecule has 8 heteroatoms. The van der Waals surface area contributed by atoms with E-state index in [4.69, 9.17) is 16.3 Å². The van der Waals surface area contributed by atoms with Crippen molar-refractivity contribution in [3.05, 3.63) is 51.5 Å². The van der Waals surface area contributed by atoms with Crippen molar-refractivity contribution in [1.29, 1.82) is 0 Å². The average Bonchev–Trinajstić information content (AvgIpc) is 2.64. The molecule has 0 bridgehead atoms. The van der Waals surface area contributed by atoms with Gasteiger partial charge in [0.25, 0.3) is 15.9 Å². The van der Waals surface area contributed by atoms with Gasteiger partial charge in [0, 0.05) is 17.0 Å². The minimum atomic E-state index is -4.05. The summed E-state index contributed by atoms with van der Waals surface area (Å²) in [4.78, 5) is 12.8. The number of nitrogens with one attached hydrogen (secondary N) is 1. The Kier molecular flexibility index (Phi) is 5.10. The number of ether oxygens (including phenoxy) is 1. The van der Waals surface area contributed by atoms with Crippen molar-refractivity contribution in [3.63, 3.8) is 0 Å². The minimum Gasteiger partial charge on any atom is -0.507 e. The Bertz CT molecular complexity index is 1060. The van der Waals surface area contributed by atoms with E-state index in [0.29, 0.717) is 28.3 Å². The first kappa shape index (κ1) is 20.5. The second-order valence-electron chi connectivity index (χ2n) is 7.25. The van der Waals surface area contributed by atoms with E-state index in [1.807, 2.05) is 0 Å². The molecular formula is C20H22ClNO5S. The first-order chi connectivity index (χ1) is 13.0. The van der Waals surface area contributed by atoms with Gasteiger partial charge in [0.2, 0.25) is 0 Å². The lowest BCUT2D eigenvalue weighted by atomic mass is 9.87. The monoisotopic (exact) mass is 423 g/mol. The molecule has 2 aromatic carbocycles. The Morgan fingerprint density at radius 2 is 1.75 bits per heavy atom. The lowest BCUT2D eigenvalue weighted by molar-refractivity contribution is -0.134. The van der Waals surface area contributed by atoms with Gasteiger partial charge in [-0.25, -0.2) is 13.1 Å². The van der Waals surface area contributed by atoms with Crippen LogP contribution < -0.4 is 9.46 Å². The number of hydrogen-bond acceptors (Lipinski definition) is 5. The number of carbonyl (C=O) groups is 1. The zero-order chi connectivity index (χ0) is 20.9. The van der Waals surface area contributed by atoms with E-state index in [2.05, 4.69) is 4.72 Å². The van der Waals surface area contributed by atoms with Crippen LogP contribution in [0.2, 0.25) is 5.02 Å². The third-order valence-electron chi connectivity index (χ3n) is 5.35. The number of aromatic hydroxyl groups is 1. The fraction of sp³-hybridized carbons (Fsp3) is 0.350. The van der Waals surface area contributed by atoms with Gasteiger partial charge in [-0.2, -0.15) is 0 Å². The molecule has 2 aromatic rings. The van der Waals surface area contributed by atoms with Crippen molar-refractivity contribution in [1.82, 2.24) is 4.72 Å². The number of hydrogen-bond donors (Lipinski definition) is 2. The Morgan fingerprint density at radius 3 is 2.36 bits per heavy atom. The summed E-state index contributed by atoms with van der Waals surface area (Å²) in [5.74, 6) is 0.00897. The van der Waals surface area contributed by atoms with Crippen LogP contribution in [0.15, 0.2) is 29.2 Å². The van der Waals surface area contributed by atoms with E-state index in [0.717, 1.165) is 11.1 Å². The number of fused-ring (bicyclic) bond motifs is 1. The normalized spacial score (nSPS) is 18.9. The predicted octanol–water partition coefficient (Wildman–Crippen LogP) is 3.56. The third kappa shape index (κ3) is 3.44. The van der Waals surface area contributed by atoms with Gasteiger partial charge in [0.15, 0.2) is 5.60 Å². The zero-order valence-corrected chi connectivity index (χ0v) is 17.7. The van der Waals surface area contributed by atoms with E-state index in [9.17, 15) is 18.3 Å². The van der Waals surface area contributed by atoms with E-state index < -0.39 is 21.5 Å². The molecule has 1 atom stereocenters. The van der Waals surface area contributed by atoms with Crippen LogP contribution in [0, 0.1) is 20.8 Å². The zero-order valence-electron chi connectivity index (χ0n) is 16.1. The summed E-state index contributed by atoms with van der Waals surface area (Å²) in [5.41, 5.74) is 1.61. The first-order valence-electron chi connectivity index (χ1n) is 8.80. The summed E-state index contributed by atoms with van der Waals surface area (Å²) in [6.07, 6.45) is 0.769. The summed E-state index contributed by atoms with van der Waals surface area (Å²) in [6.45, 7) is 6.96. The van der Waals surface area contributed by atoms with Crippen molar-refractivity contribution in [3.8, 4) is 11.5 Å². The summed E-state index contributed by atoms with van der Waals surface area (Å²) < 4.78 is 33.2. The van der Waals surface area contributed by atoms with Crippen LogP contribution in [0.4, 0.5) is 0 Å². The standard InChI is InChI=1S/C20H22ClNO5S/c1-11-12(2)18-16(13(3)17(11)23)9-10-20(4,27-18)19(24)22-28(25,26)15-7-5-14(21)6-8-15/h5-8,23H,9-10H2,1-4H3,(H,22,24). The highest BCUT2D eigenvalue weighted by molar-refractivity contribution is 7.90. The quantitative estimate of drug-likeness (QED) is 0.787. The summed E-state index contributed by atoms with van der Waals surface area (Å²) in [6, 6.07) is 5.54. The summed E-state index contributed by atoms with van der Waals surface area (Å²) in [7, 11) is -4.05. The molecule has 1 unspecified atom stereocenters. The van der Waals surface area contributed by atoms with Gasteiger partial charge in [-0.05, 0) is 75.1 Å². The van der Waals surface area contributed by atoms with Crippen molar-refractivity contribution < 1.29 is 23.1 Å². The first-order valence-corrected chi connectivity index (χ1v) is 10.7. The lowest BCUT2D eigenvalue weighted by Gasteiger charge is -2.36. The van der Waals surface area contributed by atoms with Crippen LogP contribution in [0.5, 0.6) is 11.5 Å². The maximum atomic E-state index is 12.8. The SMILES string of the molecule is Cc1c(C)c2c(c(C)c1O)CCC(C)(C(=O)NS(=O)(=O)c1ccc(Cl)cc1)O2. The van der Waals surface area contributed by atoms with E-state index in [-0.39, 0.29) is 17.1 Å². The highest BCUT2D eigenvalue weighted by Crippen LogP contribution is 2.43. The van der Waals surface area contributed by atoms with Crippen molar-refractivity contribution >= 4 is 27.5 Å². The lowest BCUT2D eigenvalue weighted by Crippen LogP contribution is -2.52. The molecule has 0 radical (unpaired) electrons. The van der Waals surface area contributed by atoms with Gasteiger partial charge in [0.1, 0.15) is 11.5 Å². The third-order valence-corrected chi connectivity index (χ3v) is 6.95.